The van der Waals surface area contributed by atoms with Gasteiger partial charge in [0.15, 0.2) is 11.9 Å². The second-order valence-corrected chi connectivity index (χ2v) is 10.8. The van der Waals surface area contributed by atoms with Crippen molar-refractivity contribution in [3.8, 4) is 0 Å². The number of methoxy groups -OCH3 is 1. The fraction of sp³-hybridized carbons (Fsp3) is 0.500. The number of benzene rings is 1. The fourth-order valence-corrected chi connectivity index (χ4v) is 7.08. The molecule has 0 amide bonds. The molecule has 3 aliphatic rings. The first kappa shape index (κ1) is 25.2. The van der Waals surface area contributed by atoms with E-state index in [2.05, 4.69) is 0 Å². The van der Waals surface area contributed by atoms with Crippen molar-refractivity contribution in [2.75, 3.05) is 7.11 Å². The molecule has 2 heterocycles. The van der Waals surface area contributed by atoms with Crippen LogP contribution >= 0.6 is 0 Å². The van der Waals surface area contributed by atoms with E-state index in [1.165, 1.54) is 37.8 Å². The summed E-state index contributed by atoms with van der Waals surface area (Å²) < 4.78 is 35.4. The highest BCUT2D eigenvalue weighted by molar-refractivity contribution is 5.96. The number of carbonyl (C=O) groups excluding carboxylic acids is 4. The molecule has 2 aromatic rings. The van der Waals surface area contributed by atoms with Crippen molar-refractivity contribution in [1.82, 2.24) is 0 Å². The van der Waals surface area contributed by atoms with Crippen LogP contribution in [0.4, 0.5) is 4.39 Å². The molecule has 7 atom stereocenters. The maximum Gasteiger partial charge on any atom is 0.338 e. The average Bonchev–Trinajstić information content (AvgIpc) is 3.39. The zero-order chi connectivity index (χ0) is 26.5. The van der Waals surface area contributed by atoms with Gasteiger partial charge < -0.3 is 18.6 Å². The minimum Gasteiger partial charge on any atom is -0.472 e. The average molecular weight is 513 g/mol. The first-order valence-electron chi connectivity index (χ1n) is 12.4. The predicted molar refractivity (Wildman–Crippen MR) is 125 cm³/mol. The minimum atomic E-state index is -1.25. The number of fused-ring (bicyclic) bond motifs is 3. The number of carbonyl (C=O) groups is 4. The van der Waals surface area contributed by atoms with E-state index in [1.807, 2.05) is 13.8 Å². The summed E-state index contributed by atoms with van der Waals surface area (Å²) in [4.78, 5) is 53.2. The van der Waals surface area contributed by atoms with Crippen molar-refractivity contribution < 1.29 is 42.2 Å². The lowest BCUT2D eigenvalue weighted by Gasteiger charge is -2.61. The molecule has 1 saturated heterocycles. The summed E-state index contributed by atoms with van der Waals surface area (Å²) in [7, 11) is 1.28. The molecule has 9 heteroatoms. The van der Waals surface area contributed by atoms with Crippen LogP contribution in [0.3, 0.4) is 0 Å². The SMILES string of the molecule is COC(=O)[C@@H]1C[C@H](OC(=O)c2cccc(F)c2)C(=O)[C@H]2[C@@]1(C)CC[C@H]1C(=O)O[C@H](c3ccoc3)C[C@]21C. The van der Waals surface area contributed by atoms with Crippen LogP contribution < -0.4 is 0 Å². The van der Waals surface area contributed by atoms with Crippen molar-refractivity contribution in [2.24, 2.45) is 28.6 Å². The Morgan fingerprint density at radius 3 is 2.59 bits per heavy atom. The number of rotatable bonds is 4. The molecule has 0 unspecified atom stereocenters. The van der Waals surface area contributed by atoms with Crippen molar-refractivity contribution in [3.05, 3.63) is 59.8 Å². The molecule has 2 aliphatic carbocycles. The van der Waals surface area contributed by atoms with Gasteiger partial charge in [-0.1, -0.05) is 19.9 Å². The summed E-state index contributed by atoms with van der Waals surface area (Å²) in [6.07, 6.45) is 2.31. The zero-order valence-electron chi connectivity index (χ0n) is 20.9. The molecule has 2 saturated carbocycles. The number of ether oxygens (including phenoxy) is 3. The normalized spacial score (nSPS) is 35.1. The van der Waals surface area contributed by atoms with Gasteiger partial charge in [0.2, 0.25) is 0 Å². The number of ketones is 1. The Bertz CT molecular complexity index is 1240. The smallest absolute Gasteiger partial charge is 0.338 e. The molecular weight excluding hydrogens is 483 g/mol. The lowest BCUT2D eigenvalue weighted by molar-refractivity contribution is -0.208. The fourth-order valence-electron chi connectivity index (χ4n) is 7.08. The van der Waals surface area contributed by atoms with Crippen LogP contribution in [0.2, 0.25) is 0 Å². The molecule has 1 aromatic heterocycles. The molecule has 1 aromatic carbocycles. The van der Waals surface area contributed by atoms with Gasteiger partial charge in [-0.3, -0.25) is 14.4 Å². The quantitative estimate of drug-likeness (QED) is 0.437. The highest BCUT2D eigenvalue weighted by Crippen LogP contribution is 2.65. The monoisotopic (exact) mass is 512 g/mol. The topological polar surface area (TPSA) is 109 Å². The summed E-state index contributed by atoms with van der Waals surface area (Å²) in [5.74, 6) is -4.81. The third-order valence-corrected chi connectivity index (χ3v) is 8.81. The maximum atomic E-state index is 14.1. The van der Waals surface area contributed by atoms with Gasteiger partial charge >= 0.3 is 17.9 Å². The van der Waals surface area contributed by atoms with E-state index in [4.69, 9.17) is 18.6 Å². The van der Waals surface area contributed by atoms with E-state index in [1.54, 1.807) is 6.07 Å². The van der Waals surface area contributed by atoms with E-state index < -0.39 is 64.5 Å². The standard InChI is InChI=1S/C28H29FO8/c1-27-9-7-18-26(33)37-21(16-8-10-35-14-16)13-28(18,2)23(27)22(30)20(12-19(27)25(32)34-3)36-24(31)15-5-4-6-17(29)11-15/h4-6,8,10-11,14,18-21,23H,7,9,12-13H2,1-3H3/t18-,19-,20-,21-,23-,27-,28-/m0/s1. The molecule has 3 fully saturated rings. The zero-order valence-corrected chi connectivity index (χ0v) is 20.9. The molecular formula is C28H29FO8. The van der Waals surface area contributed by atoms with Crippen LogP contribution in [-0.2, 0) is 28.6 Å². The molecule has 8 nitrogen and oxygen atoms in total. The van der Waals surface area contributed by atoms with Gasteiger partial charge in [0, 0.05) is 17.9 Å². The van der Waals surface area contributed by atoms with Crippen molar-refractivity contribution in [2.45, 2.75) is 51.7 Å². The first-order valence-corrected chi connectivity index (χ1v) is 12.4. The van der Waals surface area contributed by atoms with Gasteiger partial charge in [-0.25, -0.2) is 9.18 Å². The number of cyclic esters (lactones) is 1. The first-order chi connectivity index (χ1) is 17.6. The van der Waals surface area contributed by atoms with E-state index in [0.717, 1.165) is 6.07 Å². The Labute approximate surface area is 213 Å². The summed E-state index contributed by atoms with van der Waals surface area (Å²) in [6.45, 7) is 3.77. The molecule has 0 spiro atoms. The van der Waals surface area contributed by atoms with Gasteiger partial charge in [-0.05, 0) is 54.4 Å². The van der Waals surface area contributed by atoms with Gasteiger partial charge in [-0.15, -0.1) is 0 Å². The Morgan fingerprint density at radius 2 is 1.92 bits per heavy atom. The highest BCUT2D eigenvalue weighted by atomic mass is 19.1. The van der Waals surface area contributed by atoms with E-state index in [0.29, 0.717) is 24.8 Å². The second-order valence-electron chi connectivity index (χ2n) is 10.8. The Kier molecular flexibility index (Phi) is 6.20. The molecule has 0 N–H and O–H groups in total. The Balaban J connectivity index is 1.54. The summed E-state index contributed by atoms with van der Waals surface area (Å²) >= 11 is 0. The third kappa shape index (κ3) is 4.04. The van der Waals surface area contributed by atoms with Crippen molar-refractivity contribution in [3.63, 3.8) is 0 Å². The Hall–Kier alpha value is -3.49. The van der Waals surface area contributed by atoms with Crippen molar-refractivity contribution in [1.29, 1.82) is 0 Å². The summed E-state index contributed by atoms with van der Waals surface area (Å²) in [5, 5.41) is 0. The van der Waals surface area contributed by atoms with Crippen LogP contribution in [0.1, 0.15) is 61.6 Å². The highest BCUT2D eigenvalue weighted by Gasteiger charge is 2.67. The molecule has 37 heavy (non-hydrogen) atoms. The lowest BCUT2D eigenvalue weighted by atomic mass is 9.43. The van der Waals surface area contributed by atoms with Gasteiger partial charge in [0.25, 0.3) is 0 Å². The third-order valence-electron chi connectivity index (χ3n) is 8.81. The van der Waals surface area contributed by atoms with E-state index in [-0.39, 0.29) is 17.8 Å². The van der Waals surface area contributed by atoms with Crippen LogP contribution in [0, 0.1) is 34.4 Å². The number of hydrogen-bond acceptors (Lipinski definition) is 8. The molecule has 5 rings (SSSR count). The summed E-state index contributed by atoms with van der Waals surface area (Å²) in [5.41, 5.74) is -1.06. The molecule has 0 radical (unpaired) electrons. The number of furan rings is 1. The van der Waals surface area contributed by atoms with Gasteiger partial charge in [0.1, 0.15) is 11.9 Å². The van der Waals surface area contributed by atoms with Crippen molar-refractivity contribution >= 4 is 23.7 Å². The number of esters is 3. The number of Topliss-reactive ketones (excluding diaryl/α,β-unsaturated/α-hetero) is 1. The van der Waals surface area contributed by atoms with Gasteiger partial charge in [0.05, 0.1) is 37.0 Å². The van der Waals surface area contributed by atoms with Gasteiger partial charge in [-0.2, -0.15) is 0 Å². The molecule has 1 aliphatic heterocycles. The number of halogens is 1. The largest absolute Gasteiger partial charge is 0.472 e. The van der Waals surface area contributed by atoms with Crippen LogP contribution in [-0.4, -0.2) is 36.9 Å². The minimum absolute atomic E-state index is 0.0373. The van der Waals surface area contributed by atoms with Crippen LogP contribution in [0.5, 0.6) is 0 Å². The maximum absolute atomic E-state index is 14.1. The van der Waals surface area contributed by atoms with E-state index in [9.17, 15) is 23.6 Å². The van der Waals surface area contributed by atoms with Crippen LogP contribution in [0.25, 0.3) is 0 Å². The molecule has 196 valence electrons. The van der Waals surface area contributed by atoms with E-state index >= 15 is 0 Å². The number of hydrogen-bond donors (Lipinski definition) is 0. The Morgan fingerprint density at radius 1 is 1.14 bits per heavy atom. The molecule has 0 bridgehead atoms. The van der Waals surface area contributed by atoms with Crippen LogP contribution in [0.15, 0.2) is 47.3 Å². The predicted octanol–water partition coefficient (Wildman–Crippen LogP) is 4.43. The summed E-state index contributed by atoms with van der Waals surface area (Å²) in [6, 6.07) is 6.71. The lowest BCUT2D eigenvalue weighted by Crippen LogP contribution is -2.64. The second kappa shape index (κ2) is 9.11.